The first-order chi connectivity index (χ1) is 24.3. The van der Waals surface area contributed by atoms with Gasteiger partial charge in [0.25, 0.3) is 0 Å². The largest absolute Gasteiger partial charge is 0.394 e. The van der Waals surface area contributed by atoms with Crippen molar-refractivity contribution in [3.05, 3.63) is 24.3 Å². The summed E-state index contributed by atoms with van der Waals surface area (Å²) in [5.74, 6) is -0.630. The SMILES string of the molecule is CCCC=CCCC=CC(O)C(COC1OC(CO)C(O)C(O)C1O)NC(=O)C(O)CCCCCCCCCCCCCCCCCCCC. The molecule has 0 aromatic carbocycles. The lowest BCUT2D eigenvalue weighted by Crippen LogP contribution is -2.60. The highest BCUT2D eigenvalue weighted by molar-refractivity contribution is 5.80. The van der Waals surface area contributed by atoms with Crippen LogP contribution in [-0.4, -0.2) is 98.7 Å². The third-order valence-electron chi connectivity index (χ3n) is 9.62. The number of hydrogen-bond donors (Lipinski definition) is 7. The minimum Gasteiger partial charge on any atom is -0.394 e. The lowest BCUT2D eigenvalue weighted by Gasteiger charge is -2.40. The zero-order valence-corrected chi connectivity index (χ0v) is 31.5. The van der Waals surface area contributed by atoms with Gasteiger partial charge in [0, 0.05) is 0 Å². The predicted octanol–water partition coefficient (Wildman–Crippen LogP) is 6.13. The Morgan fingerprint density at radius 1 is 0.680 bits per heavy atom. The summed E-state index contributed by atoms with van der Waals surface area (Å²) in [6, 6.07) is -0.989. The van der Waals surface area contributed by atoms with E-state index in [-0.39, 0.29) is 6.61 Å². The molecule has 1 saturated heterocycles. The van der Waals surface area contributed by atoms with E-state index in [1.165, 1.54) is 89.9 Å². The van der Waals surface area contributed by atoms with E-state index in [0.29, 0.717) is 19.3 Å². The number of aliphatic hydroxyl groups is 6. The van der Waals surface area contributed by atoms with Gasteiger partial charge < -0.3 is 45.4 Å². The van der Waals surface area contributed by atoms with Crippen LogP contribution in [0.5, 0.6) is 0 Å². The molecule has 1 fully saturated rings. The van der Waals surface area contributed by atoms with Gasteiger partial charge in [0.2, 0.25) is 5.91 Å². The summed E-state index contributed by atoms with van der Waals surface area (Å²) < 4.78 is 11.0. The average Bonchev–Trinajstić information content (AvgIpc) is 3.11. The summed E-state index contributed by atoms with van der Waals surface area (Å²) in [6.45, 7) is 3.46. The molecule has 0 bridgehead atoms. The number of unbranched alkanes of at least 4 members (excludes halogenated alkanes) is 19. The van der Waals surface area contributed by atoms with Gasteiger partial charge in [-0.1, -0.05) is 160 Å². The molecule has 0 radical (unpaired) electrons. The van der Waals surface area contributed by atoms with E-state index < -0.39 is 61.5 Å². The molecule has 1 aliphatic heterocycles. The number of ether oxygens (including phenoxy) is 2. The number of rotatable bonds is 32. The summed E-state index contributed by atoms with van der Waals surface area (Å²) in [5, 5.41) is 64.1. The van der Waals surface area contributed by atoms with Gasteiger partial charge in [-0.3, -0.25) is 4.79 Å². The van der Waals surface area contributed by atoms with Gasteiger partial charge >= 0.3 is 0 Å². The van der Waals surface area contributed by atoms with Gasteiger partial charge in [-0.05, 0) is 25.7 Å². The fraction of sp³-hybridized carbons (Fsp3) is 0.875. The molecule has 0 aromatic heterocycles. The standard InChI is InChI=1S/C40H75NO9/c1-3-5-7-9-11-12-13-14-15-16-17-18-19-20-21-23-25-27-29-34(44)39(48)41-32(33(43)28-26-24-22-10-8-6-4-2)31-49-40-38(47)37(46)36(45)35(30-42)50-40/h8,10,26,28,32-38,40,42-47H,3-7,9,11-25,27,29-31H2,1-2H3,(H,41,48). The summed E-state index contributed by atoms with van der Waals surface area (Å²) in [4.78, 5) is 12.9. The minimum absolute atomic E-state index is 0.306. The van der Waals surface area contributed by atoms with Gasteiger partial charge in [0.05, 0.1) is 25.4 Å². The van der Waals surface area contributed by atoms with Crippen molar-refractivity contribution in [2.75, 3.05) is 13.2 Å². The monoisotopic (exact) mass is 714 g/mol. The molecule has 10 nitrogen and oxygen atoms in total. The number of allylic oxidation sites excluding steroid dienone is 3. The van der Waals surface area contributed by atoms with E-state index in [2.05, 4.69) is 31.3 Å². The predicted molar refractivity (Wildman–Crippen MR) is 199 cm³/mol. The van der Waals surface area contributed by atoms with Crippen LogP contribution in [-0.2, 0) is 14.3 Å². The third kappa shape index (κ3) is 21.9. The topological polar surface area (TPSA) is 169 Å². The third-order valence-corrected chi connectivity index (χ3v) is 9.62. The Kier molecular flexibility index (Phi) is 29.1. The van der Waals surface area contributed by atoms with Crippen molar-refractivity contribution >= 4 is 5.91 Å². The first-order valence-electron chi connectivity index (χ1n) is 20.2. The Bertz CT molecular complexity index is 855. The van der Waals surface area contributed by atoms with Crippen LogP contribution in [0.1, 0.15) is 162 Å². The maximum Gasteiger partial charge on any atom is 0.249 e. The molecule has 0 aliphatic carbocycles. The van der Waals surface area contributed by atoms with Gasteiger partial charge in [-0.25, -0.2) is 0 Å². The van der Waals surface area contributed by atoms with Crippen LogP contribution in [0.3, 0.4) is 0 Å². The fourth-order valence-corrected chi connectivity index (χ4v) is 6.24. The highest BCUT2D eigenvalue weighted by Gasteiger charge is 2.44. The van der Waals surface area contributed by atoms with Crippen LogP contribution in [0.25, 0.3) is 0 Å². The minimum atomic E-state index is -1.61. The number of carbonyl (C=O) groups is 1. The van der Waals surface area contributed by atoms with Gasteiger partial charge in [0.1, 0.15) is 30.5 Å². The van der Waals surface area contributed by atoms with Crippen LogP contribution in [0, 0.1) is 0 Å². The molecule has 8 atom stereocenters. The Morgan fingerprint density at radius 3 is 1.70 bits per heavy atom. The number of aliphatic hydroxyl groups excluding tert-OH is 6. The van der Waals surface area contributed by atoms with Crippen LogP contribution in [0.4, 0.5) is 0 Å². The normalized spacial score (nSPS) is 23.1. The lowest BCUT2D eigenvalue weighted by molar-refractivity contribution is -0.302. The molecule has 1 rings (SSSR count). The lowest BCUT2D eigenvalue weighted by atomic mass is 9.99. The smallest absolute Gasteiger partial charge is 0.249 e. The maximum atomic E-state index is 12.9. The summed E-state index contributed by atoms with van der Waals surface area (Å²) in [6.07, 6.45) is 24.5. The van der Waals surface area contributed by atoms with Crippen LogP contribution >= 0.6 is 0 Å². The molecule has 0 aromatic rings. The Hall–Kier alpha value is -1.37. The molecule has 50 heavy (non-hydrogen) atoms. The number of amides is 1. The number of hydrogen-bond acceptors (Lipinski definition) is 9. The van der Waals surface area contributed by atoms with E-state index in [4.69, 9.17) is 9.47 Å². The van der Waals surface area contributed by atoms with E-state index >= 15 is 0 Å². The van der Waals surface area contributed by atoms with Gasteiger partial charge in [-0.2, -0.15) is 0 Å². The molecule has 1 amide bonds. The molecule has 1 heterocycles. The van der Waals surface area contributed by atoms with Crippen molar-refractivity contribution in [2.45, 2.75) is 210 Å². The molecule has 294 valence electrons. The van der Waals surface area contributed by atoms with E-state index in [1.54, 1.807) is 6.08 Å². The van der Waals surface area contributed by atoms with Crippen LogP contribution in [0.2, 0.25) is 0 Å². The number of nitrogens with one attached hydrogen (secondary N) is 1. The highest BCUT2D eigenvalue weighted by atomic mass is 16.7. The molecular formula is C40H75NO9. The maximum absolute atomic E-state index is 12.9. The van der Waals surface area contributed by atoms with Crippen molar-refractivity contribution < 1.29 is 44.9 Å². The van der Waals surface area contributed by atoms with Crippen LogP contribution < -0.4 is 5.32 Å². The zero-order chi connectivity index (χ0) is 36.8. The Labute approximate surface area is 303 Å². The summed E-state index contributed by atoms with van der Waals surface area (Å²) in [7, 11) is 0. The van der Waals surface area contributed by atoms with Crippen molar-refractivity contribution in [1.29, 1.82) is 0 Å². The van der Waals surface area contributed by atoms with Gasteiger partial charge in [0.15, 0.2) is 6.29 Å². The molecule has 0 saturated carbocycles. The highest BCUT2D eigenvalue weighted by Crippen LogP contribution is 2.22. The second-order valence-corrected chi connectivity index (χ2v) is 14.2. The summed E-state index contributed by atoms with van der Waals surface area (Å²) in [5.41, 5.74) is 0. The van der Waals surface area contributed by atoms with Gasteiger partial charge in [-0.15, -0.1) is 0 Å². The molecule has 8 unspecified atom stereocenters. The van der Waals surface area contributed by atoms with Crippen molar-refractivity contribution in [2.24, 2.45) is 0 Å². The van der Waals surface area contributed by atoms with Crippen molar-refractivity contribution in [1.82, 2.24) is 5.32 Å². The quantitative estimate of drug-likeness (QED) is 0.0320. The van der Waals surface area contributed by atoms with E-state index in [9.17, 15) is 35.4 Å². The molecule has 0 spiro atoms. The molecule has 7 N–H and O–H groups in total. The Morgan fingerprint density at radius 2 is 1.18 bits per heavy atom. The average molecular weight is 714 g/mol. The van der Waals surface area contributed by atoms with Crippen LogP contribution in [0.15, 0.2) is 24.3 Å². The first-order valence-corrected chi connectivity index (χ1v) is 20.2. The molecule has 1 aliphatic rings. The number of carbonyl (C=O) groups excluding carboxylic acids is 1. The second kappa shape index (κ2) is 31.2. The zero-order valence-electron chi connectivity index (χ0n) is 31.5. The van der Waals surface area contributed by atoms with E-state index in [1.807, 2.05) is 6.08 Å². The summed E-state index contributed by atoms with van der Waals surface area (Å²) >= 11 is 0. The fourth-order valence-electron chi connectivity index (χ4n) is 6.24. The molecule has 10 heteroatoms. The molecular weight excluding hydrogens is 638 g/mol. The second-order valence-electron chi connectivity index (χ2n) is 14.2. The first kappa shape index (κ1) is 46.7. The van der Waals surface area contributed by atoms with Crippen molar-refractivity contribution in [3.63, 3.8) is 0 Å². The Balaban J connectivity index is 2.37. The van der Waals surface area contributed by atoms with Crippen molar-refractivity contribution in [3.8, 4) is 0 Å². The van der Waals surface area contributed by atoms with E-state index in [0.717, 1.165) is 38.5 Å².